The SMILES string of the molecule is CC1C(C2=CCB(COc3ccccn3)CC2)=CCC2(C)C1CC[PH]1(C)C3CCC4(NCCN5CC[S+]([O-])CC5)CCCC4C3CCC21. The van der Waals surface area contributed by atoms with E-state index in [4.69, 9.17) is 4.74 Å². The normalized spacial score (nSPS) is 40.5. The van der Waals surface area contributed by atoms with Crippen LogP contribution in [0.15, 0.2) is 47.7 Å². The van der Waals surface area contributed by atoms with Crippen molar-refractivity contribution in [1.82, 2.24) is 15.2 Å². The predicted molar refractivity (Wildman–Crippen MR) is 207 cm³/mol. The summed E-state index contributed by atoms with van der Waals surface area (Å²) in [6.07, 6.45) is 25.4. The first kappa shape index (κ1) is 34.3. The zero-order chi connectivity index (χ0) is 32.9. The van der Waals surface area contributed by atoms with Gasteiger partial charge in [0, 0.05) is 12.3 Å². The van der Waals surface area contributed by atoms with Crippen LogP contribution in [-0.4, -0.2) is 95.0 Å². The molecule has 1 N–H and O–H groups in total. The van der Waals surface area contributed by atoms with Crippen molar-refractivity contribution in [1.29, 1.82) is 0 Å². The van der Waals surface area contributed by atoms with Crippen LogP contribution in [0, 0.1) is 29.1 Å². The van der Waals surface area contributed by atoms with E-state index in [1.54, 1.807) is 17.3 Å². The van der Waals surface area contributed by atoms with E-state index >= 15 is 0 Å². The van der Waals surface area contributed by atoms with Crippen molar-refractivity contribution in [2.75, 3.05) is 57.0 Å². The summed E-state index contributed by atoms with van der Waals surface area (Å²) in [7, 11) is -1.42. The molecular weight excluding hydrogens is 628 g/mol. The molecular formula is C40H63BN3O2PS. The second-order valence-electron chi connectivity index (χ2n) is 17.9. The fourth-order valence-electron chi connectivity index (χ4n) is 13.5. The topological polar surface area (TPSA) is 60.5 Å². The first-order chi connectivity index (χ1) is 23.3. The second-order valence-corrected chi connectivity index (χ2v) is 24.5. The van der Waals surface area contributed by atoms with E-state index < -0.39 is 18.4 Å². The number of fused-ring (bicyclic) bond motifs is 7. The number of rotatable bonds is 8. The van der Waals surface area contributed by atoms with Gasteiger partial charge in [0.1, 0.15) is 0 Å². The maximum atomic E-state index is 11.9. The van der Waals surface area contributed by atoms with Gasteiger partial charge >= 0.3 is 267 Å². The number of aromatic nitrogens is 1. The summed E-state index contributed by atoms with van der Waals surface area (Å²) in [5.41, 5.74) is 6.36. The van der Waals surface area contributed by atoms with E-state index in [1.165, 1.54) is 70.5 Å². The second kappa shape index (κ2) is 13.9. The van der Waals surface area contributed by atoms with Gasteiger partial charge in [-0.3, -0.25) is 0 Å². The van der Waals surface area contributed by atoms with E-state index in [0.29, 0.717) is 23.6 Å². The molecule has 8 heteroatoms. The Morgan fingerprint density at radius 1 is 1.10 bits per heavy atom. The molecule has 8 unspecified atom stereocenters. The molecule has 0 spiro atoms. The Hall–Kier alpha value is -0.845. The molecule has 8 rings (SSSR count). The average Bonchev–Trinajstić information content (AvgIpc) is 3.53. The molecule has 3 aliphatic carbocycles. The van der Waals surface area contributed by atoms with Gasteiger partial charge in [0.2, 0.25) is 0 Å². The van der Waals surface area contributed by atoms with Crippen molar-refractivity contribution in [2.45, 2.75) is 108 Å². The third kappa shape index (κ3) is 6.20. The van der Waals surface area contributed by atoms with Crippen molar-refractivity contribution in [3.05, 3.63) is 47.7 Å². The van der Waals surface area contributed by atoms with E-state index in [1.807, 2.05) is 24.4 Å². The Labute approximate surface area is 295 Å². The van der Waals surface area contributed by atoms with E-state index in [-0.39, 0.29) is 0 Å². The van der Waals surface area contributed by atoms with Gasteiger partial charge in [0.15, 0.2) is 0 Å². The van der Waals surface area contributed by atoms with E-state index in [0.717, 1.165) is 85.5 Å². The molecule has 48 heavy (non-hydrogen) atoms. The van der Waals surface area contributed by atoms with Crippen LogP contribution in [-0.2, 0) is 11.2 Å². The van der Waals surface area contributed by atoms with Gasteiger partial charge in [0.05, 0.1) is 0 Å². The van der Waals surface area contributed by atoms with Gasteiger partial charge in [-0.25, -0.2) is 4.98 Å². The summed E-state index contributed by atoms with van der Waals surface area (Å²) < 4.78 is 17.9. The summed E-state index contributed by atoms with van der Waals surface area (Å²) >= 11 is -0.576. The Morgan fingerprint density at radius 3 is 2.77 bits per heavy atom. The Kier molecular flexibility index (Phi) is 9.95. The fraction of sp³-hybridized carbons (Fsp3) is 0.775. The van der Waals surface area contributed by atoms with Crippen LogP contribution in [0.5, 0.6) is 5.88 Å². The number of allylic oxidation sites excluding steroid dienone is 4. The first-order valence-corrected chi connectivity index (χ1v) is 24.4. The minimum atomic E-state index is -1.42. The molecule has 3 saturated heterocycles. The summed E-state index contributed by atoms with van der Waals surface area (Å²) in [5.74, 6) is 5.95. The third-order valence-electron chi connectivity index (χ3n) is 15.9. The van der Waals surface area contributed by atoms with Gasteiger partial charge in [-0.1, -0.05) is 6.07 Å². The molecule has 0 bridgehead atoms. The van der Waals surface area contributed by atoms with Gasteiger partial charge in [-0.15, -0.1) is 0 Å². The minimum absolute atomic E-state index is 0.409. The molecule has 0 amide bonds. The summed E-state index contributed by atoms with van der Waals surface area (Å²) in [5, 5.41) is 4.26. The quantitative estimate of drug-likeness (QED) is 0.176. The molecule has 4 aliphatic heterocycles. The Morgan fingerprint density at radius 2 is 1.98 bits per heavy atom. The maximum absolute atomic E-state index is 11.9. The van der Waals surface area contributed by atoms with Crippen molar-refractivity contribution in [3.8, 4) is 5.88 Å². The molecule has 5 nitrogen and oxygen atoms in total. The molecule has 8 atom stereocenters. The van der Waals surface area contributed by atoms with Crippen LogP contribution in [0.1, 0.15) is 78.1 Å². The molecule has 0 radical (unpaired) electrons. The fourth-order valence-corrected chi connectivity index (χ4v) is 21.6. The van der Waals surface area contributed by atoms with Crippen LogP contribution < -0.4 is 10.1 Å². The Bertz CT molecular complexity index is 1360. The first-order valence-electron chi connectivity index (χ1n) is 20.0. The molecule has 5 fully saturated rings. The van der Waals surface area contributed by atoms with Crippen LogP contribution in [0.2, 0.25) is 12.6 Å². The van der Waals surface area contributed by atoms with Gasteiger partial charge in [-0.05, 0) is 6.07 Å². The van der Waals surface area contributed by atoms with Gasteiger partial charge < -0.3 is 0 Å². The number of ether oxygens (including phenoxy) is 1. The van der Waals surface area contributed by atoms with Crippen molar-refractivity contribution in [3.63, 3.8) is 0 Å². The van der Waals surface area contributed by atoms with Gasteiger partial charge in [0.25, 0.3) is 0 Å². The summed E-state index contributed by atoms with van der Waals surface area (Å²) in [6.45, 7) is 14.0. The summed E-state index contributed by atoms with van der Waals surface area (Å²) in [6, 6.07) is 5.93. The molecule has 264 valence electrons. The molecule has 1 aromatic rings. The van der Waals surface area contributed by atoms with Crippen molar-refractivity contribution >= 4 is 25.2 Å². The molecule has 0 aromatic carbocycles. The zero-order valence-electron chi connectivity index (χ0n) is 30.3. The van der Waals surface area contributed by atoms with Crippen LogP contribution in [0.25, 0.3) is 0 Å². The monoisotopic (exact) mass is 691 g/mol. The van der Waals surface area contributed by atoms with Crippen molar-refractivity contribution < 1.29 is 9.29 Å². The number of pyridine rings is 1. The van der Waals surface area contributed by atoms with Gasteiger partial charge in [-0.2, -0.15) is 0 Å². The predicted octanol–water partition coefficient (Wildman–Crippen LogP) is 7.33. The van der Waals surface area contributed by atoms with E-state index in [2.05, 4.69) is 47.9 Å². The zero-order valence-corrected chi connectivity index (χ0v) is 32.1. The summed E-state index contributed by atoms with van der Waals surface area (Å²) in [4.78, 5) is 6.91. The molecule has 5 heterocycles. The van der Waals surface area contributed by atoms with Crippen LogP contribution in [0.4, 0.5) is 0 Å². The standard InChI is InChI=1S/C40H63BN3O2PS/c1-30-32(31-13-19-41(20-14-31)29-46-38-8-4-5-21-42-38)11-17-39(2)34(30)15-26-47(3)36-12-18-40(43-22-23-44-24-27-48(45)28-25-44)16-6-7-35(40)33(36)9-10-37(39)47/h4-5,8,11,13,21,30,33-37,43,47H,6-7,9-10,12,14-20,22-29H2,1-3H3. The number of hydrogen-bond donors (Lipinski definition) is 1. The molecule has 7 aliphatic rings. The molecule has 1 aromatic heterocycles. The number of nitrogens with one attached hydrogen (secondary N) is 1. The number of hydrogen-bond acceptors (Lipinski definition) is 5. The van der Waals surface area contributed by atoms with Crippen LogP contribution in [0.3, 0.4) is 0 Å². The Balaban J connectivity index is 0.917. The number of nitrogens with zero attached hydrogens (tertiary/aromatic N) is 2. The van der Waals surface area contributed by atoms with Crippen molar-refractivity contribution in [2.24, 2.45) is 29.1 Å². The van der Waals surface area contributed by atoms with Crippen LogP contribution >= 0.6 is 7.26 Å². The molecule has 2 saturated carbocycles. The third-order valence-corrected chi connectivity index (χ3v) is 23.5. The van der Waals surface area contributed by atoms with E-state index in [9.17, 15) is 4.55 Å². The average molecular weight is 692 g/mol.